The third-order valence-electron chi connectivity index (χ3n) is 2.21. The molecule has 0 bridgehead atoms. The maximum absolute atomic E-state index is 5.52. The summed E-state index contributed by atoms with van der Waals surface area (Å²) in [6, 6.07) is 12.0. The van der Waals surface area contributed by atoms with Gasteiger partial charge in [0.05, 0.1) is 0 Å². The average Bonchev–Trinajstić information content (AvgIpc) is 2.65. The van der Waals surface area contributed by atoms with Crippen molar-refractivity contribution in [2.24, 2.45) is 5.73 Å². The molecule has 2 nitrogen and oxygen atoms in total. The summed E-state index contributed by atoms with van der Waals surface area (Å²) in [5, 5.41) is 0. The first-order chi connectivity index (χ1) is 6.79. The minimum atomic E-state index is 0.581. The van der Waals surface area contributed by atoms with Crippen LogP contribution in [0.25, 0.3) is 11.3 Å². The van der Waals surface area contributed by atoms with Crippen LogP contribution in [-0.4, -0.2) is 0 Å². The summed E-state index contributed by atoms with van der Waals surface area (Å²) in [4.78, 5) is 0. The number of nitrogens with two attached hydrogens (primary N) is 1. The molecule has 2 heteroatoms. The molecule has 2 rings (SSSR count). The van der Waals surface area contributed by atoms with E-state index < -0.39 is 0 Å². The molecule has 1 aromatic heterocycles. The van der Waals surface area contributed by atoms with Crippen molar-refractivity contribution in [3.05, 3.63) is 47.7 Å². The zero-order valence-electron chi connectivity index (χ0n) is 8.16. The molecule has 0 atom stereocenters. The molecule has 1 aromatic carbocycles. The van der Waals surface area contributed by atoms with Gasteiger partial charge in [-0.25, -0.2) is 0 Å². The number of aryl methyl sites for hydroxylation is 1. The second-order valence-corrected chi connectivity index (χ2v) is 3.31. The standard InChI is InChI=1S/C12H13NO/c1-9-2-7-12(14-9)11-5-3-10(8-13)4-6-11/h2-7H,8,13H2,1H3. The maximum atomic E-state index is 5.52. The van der Waals surface area contributed by atoms with Gasteiger partial charge >= 0.3 is 0 Å². The van der Waals surface area contributed by atoms with Crippen LogP contribution in [0.4, 0.5) is 0 Å². The number of furan rings is 1. The van der Waals surface area contributed by atoms with E-state index in [1.807, 2.05) is 43.3 Å². The van der Waals surface area contributed by atoms with Crippen molar-refractivity contribution in [1.82, 2.24) is 0 Å². The summed E-state index contributed by atoms with van der Waals surface area (Å²) >= 11 is 0. The quantitative estimate of drug-likeness (QED) is 0.785. The molecule has 0 unspecified atom stereocenters. The van der Waals surface area contributed by atoms with E-state index in [0.717, 1.165) is 22.6 Å². The van der Waals surface area contributed by atoms with Gasteiger partial charge in [-0.3, -0.25) is 0 Å². The molecule has 14 heavy (non-hydrogen) atoms. The van der Waals surface area contributed by atoms with E-state index in [2.05, 4.69) is 0 Å². The maximum Gasteiger partial charge on any atom is 0.134 e. The van der Waals surface area contributed by atoms with Crippen molar-refractivity contribution < 1.29 is 4.42 Å². The Hall–Kier alpha value is -1.54. The topological polar surface area (TPSA) is 39.2 Å². The first-order valence-electron chi connectivity index (χ1n) is 4.65. The molecule has 0 aliphatic rings. The van der Waals surface area contributed by atoms with Gasteiger partial charge in [0.15, 0.2) is 0 Å². The zero-order chi connectivity index (χ0) is 9.97. The zero-order valence-corrected chi connectivity index (χ0v) is 8.16. The Labute approximate surface area is 83.4 Å². The highest BCUT2D eigenvalue weighted by Gasteiger charge is 2.01. The third kappa shape index (κ3) is 1.70. The lowest BCUT2D eigenvalue weighted by atomic mass is 10.1. The van der Waals surface area contributed by atoms with Crippen molar-refractivity contribution in [3.63, 3.8) is 0 Å². The van der Waals surface area contributed by atoms with Crippen LogP contribution in [0, 0.1) is 6.92 Å². The second kappa shape index (κ2) is 3.68. The summed E-state index contributed by atoms with van der Waals surface area (Å²) < 4.78 is 5.51. The lowest BCUT2D eigenvalue weighted by molar-refractivity contribution is 0.548. The Morgan fingerprint density at radius 2 is 1.79 bits per heavy atom. The Morgan fingerprint density at radius 1 is 1.07 bits per heavy atom. The van der Waals surface area contributed by atoms with Gasteiger partial charge in [0.1, 0.15) is 11.5 Å². The predicted molar refractivity (Wildman–Crippen MR) is 56.8 cm³/mol. The Kier molecular flexibility index (Phi) is 2.37. The normalized spacial score (nSPS) is 10.4. The van der Waals surface area contributed by atoms with Crippen LogP contribution in [-0.2, 0) is 6.54 Å². The molecule has 1 heterocycles. The van der Waals surface area contributed by atoms with E-state index in [0.29, 0.717) is 6.54 Å². The molecule has 0 saturated carbocycles. The van der Waals surface area contributed by atoms with E-state index in [4.69, 9.17) is 10.2 Å². The highest BCUT2D eigenvalue weighted by atomic mass is 16.3. The first kappa shape index (κ1) is 9.03. The number of benzene rings is 1. The lowest BCUT2D eigenvalue weighted by Gasteiger charge is -1.99. The molecule has 0 saturated heterocycles. The largest absolute Gasteiger partial charge is 0.461 e. The van der Waals surface area contributed by atoms with Crippen molar-refractivity contribution in [3.8, 4) is 11.3 Å². The minimum Gasteiger partial charge on any atom is -0.461 e. The molecule has 72 valence electrons. The SMILES string of the molecule is Cc1ccc(-c2ccc(CN)cc2)o1. The lowest BCUT2D eigenvalue weighted by Crippen LogP contribution is -1.94. The fourth-order valence-electron chi connectivity index (χ4n) is 1.39. The van der Waals surface area contributed by atoms with Gasteiger partial charge in [0, 0.05) is 12.1 Å². The van der Waals surface area contributed by atoms with Crippen LogP contribution >= 0.6 is 0 Å². The van der Waals surface area contributed by atoms with E-state index in [1.54, 1.807) is 0 Å². The van der Waals surface area contributed by atoms with Crippen LogP contribution in [0.3, 0.4) is 0 Å². The van der Waals surface area contributed by atoms with Crippen LogP contribution in [0.2, 0.25) is 0 Å². The van der Waals surface area contributed by atoms with Crippen LogP contribution in [0.5, 0.6) is 0 Å². The fraction of sp³-hybridized carbons (Fsp3) is 0.167. The Balaban J connectivity index is 2.33. The van der Waals surface area contributed by atoms with Gasteiger partial charge in [-0.1, -0.05) is 24.3 Å². The molecular formula is C12H13NO. The summed E-state index contributed by atoms with van der Waals surface area (Å²) in [5.41, 5.74) is 7.75. The van der Waals surface area contributed by atoms with E-state index in [-0.39, 0.29) is 0 Å². The fourth-order valence-corrected chi connectivity index (χ4v) is 1.39. The molecule has 0 fully saturated rings. The summed E-state index contributed by atoms with van der Waals surface area (Å²) in [5.74, 6) is 1.84. The van der Waals surface area contributed by atoms with Crippen molar-refractivity contribution >= 4 is 0 Å². The average molecular weight is 187 g/mol. The van der Waals surface area contributed by atoms with Crippen molar-refractivity contribution in [2.75, 3.05) is 0 Å². The molecule has 2 N–H and O–H groups in total. The first-order valence-corrected chi connectivity index (χ1v) is 4.65. The van der Waals surface area contributed by atoms with Gasteiger partial charge < -0.3 is 10.2 Å². The number of hydrogen-bond acceptors (Lipinski definition) is 2. The summed E-state index contributed by atoms with van der Waals surface area (Å²) in [6.07, 6.45) is 0. The second-order valence-electron chi connectivity index (χ2n) is 3.31. The third-order valence-corrected chi connectivity index (χ3v) is 2.21. The molecule has 0 aliphatic heterocycles. The highest BCUT2D eigenvalue weighted by molar-refractivity contribution is 5.57. The minimum absolute atomic E-state index is 0.581. The monoisotopic (exact) mass is 187 g/mol. The van der Waals surface area contributed by atoms with Crippen LogP contribution in [0.1, 0.15) is 11.3 Å². The number of rotatable bonds is 2. The Bertz CT molecular complexity index is 414. The Morgan fingerprint density at radius 3 is 2.29 bits per heavy atom. The van der Waals surface area contributed by atoms with E-state index in [1.165, 1.54) is 0 Å². The van der Waals surface area contributed by atoms with Gasteiger partial charge in [-0.15, -0.1) is 0 Å². The molecule has 0 radical (unpaired) electrons. The molecule has 0 spiro atoms. The van der Waals surface area contributed by atoms with E-state index in [9.17, 15) is 0 Å². The molecule has 0 aliphatic carbocycles. The van der Waals surface area contributed by atoms with Crippen LogP contribution in [0.15, 0.2) is 40.8 Å². The number of hydrogen-bond donors (Lipinski definition) is 1. The molecular weight excluding hydrogens is 174 g/mol. The molecule has 0 amide bonds. The summed E-state index contributed by atoms with van der Waals surface area (Å²) in [7, 11) is 0. The highest BCUT2D eigenvalue weighted by Crippen LogP contribution is 2.21. The summed E-state index contributed by atoms with van der Waals surface area (Å²) in [6.45, 7) is 2.52. The van der Waals surface area contributed by atoms with Gasteiger partial charge in [-0.05, 0) is 24.6 Å². The van der Waals surface area contributed by atoms with Gasteiger partial charge in [0.2, 0.25) is 0 Å². The predicted octanol–water partition coefficient (Wildman–Crippen LogP) is 2.71. The van der Waals surface area contributed by atoms with Crippen LogP contribution < -0.4 is 5.73 Å². The van der Waals surface area contributed by atoms with Crippen molar-refractivity contribution in [2.45, 2.75) is 13.5 Å². The van der Waals surface area contributed by atoms with Gasteiger partial charge in [0.25, 0.3) is 0 Å². The smallest absolute Gasteiger partial charge is 0.134 e. The van der Waals surface area contributed by atoms with Crippen molar-refractivity contribution in [1.29, 1.82) is 0 Å². The van der Waals surface area contributed by atoms with E-state index >= 15 is 0 Å². The molecule has 2 aromatic rings. The van der Waals surface area contributed by atoms with Gasteiger partial charge in [-0.2, -0.15) is 0 Å².